The molecule has 6 nitrogen and oxygen atoms in total. The number of ether oxygens (including phenoxy) is 1. The fraction of sp³-hybridized carbons (Fsp3) is 0.208. The van der Waals surface area contributed by atoms with E-state index in [1.807, 2.05) is 38.1 Å². The highest BCUT2D eigenvalue weighted by Gasteiger charge is 2.18. The van der Waals surface area contributed by atoms with Crippen LogP contribution in [-0.4, -0.2) is 21.9 Å². The summed E-state index contributed by atoms with van der Waals surface area (Å²) in [6, 6.07) is 16.3. The van der Waals surface area contributed by atoms with E-state index >= 15 is 0 Å². The van der Waals surface area contributed by atoms with Crippen molar-refractivity contribution in [3.63, 3.8) is 0 Å². The molecule has 0 fully saturated rings. The molecular weight excluding hydrogens is 380 g/mol. The Hall–Kier alpha value is -3.67. The predicted molar refractivity (Wildman–Crippen MR) is 116 cm³/mol. The van der Waals surface area contributed by atoms with Gasteiger partial charge in [0.15, 0.2) is 6.61 Å². The van der Waals surface area contributed by atoms with Crippen LogP contribution in [0.25, 0.3) is 0 Å². The highest BCUT2D eigenvalue weighted by molar-refractivity contribution is 5.98. The predicted octanol–water partition coefficient (Wildman–Crippen LogP) is 5.05. The first-order chi connectivity index (χ1) is 14.4. The van der Waals surface area contributed by atoms with Gasteiger partial charge in [0.05, 0.1) is 4.92 Å². The molecule has 6 heteroatoms. The van der Waals surface area contributed by atoms with Crippen molar-refractivity contribution in [2.45, 2.75) is 26.8 Å². The molecule has 0 aliphatic heterocycles. The van der Waals surface area contributed by atoms with Crippen LogP contribution in [0.1, 0.15) is 32.9 Å². The monoisotopic (exact) mass is 404 g/mol. The van der Waals surface area contributed by atoms with Crippen LogP contribution in [0.3, 0.4) is 0 Å². The number of carbonyl (C=O) groups is 1. The number of nitrogens with zero attached hydrogens (tertiary/aromatic N) is 2. The Labute approximate surface area is 175 Å². The maximum Gasteiger partial charge on any atom is 0.269 e. The lowest BCUT2D eigenvalue weighted by molar-refractivity contribution is -0.384. The van der Waals surface area contributed by atoms with Crippen molar-refractivity contribution in [3.05, 3.63) is 105 Å². The summed E-state index contributed by atoms with van der Waals surface area (Å²) in [7, 11) is 0. The maximum atomic E-state index is 12.8. The third kappa shape index (κ3) is 4.66. The number of carbonyl (C=O) groups excluding carboxylic acids is 1. The van der Waals surface area contributed by atoms with Crippen molar-refractivity contribution < 1.29 is 14.5 Å². The first-order valence-corrected chi connectivity index (χ1v) is 9.65. The number of benzene rings is 2. The largest absolute Gasteiger partial charge is 0.485 e. The molecule has 0 radical (unpaired) electrons. The van der Waals surface area contributed by atoms with E-state index in [1.165, 1.54) is 18.2 Å². The van der Waals surface area contributed by atoms with E-state index in [-0.39, 0.29) is 18.1 Å². The Bertz CT molecular complexity index is 1080. The van der Waals surface area contributed by atoms with Crippen LogP contribution in [0.5, 0.6) is 5.75 Å². The zero-order chi connectivity index (χ0) is 21.7. The van der Waals surface area contributed by atoms with Gasteiger partial charge in [-0.1, -0.05) is 36.4 Å². The molecule has 0 unspecified atom stereocenters. The fourth-order valence-corrected chi connectivity index (χ4v) is 3.45. The van der Waals surface area contributed by atoms with Crippen LogP contribution in [0.15, 0.2) is 67.3 Å². The van der Waals surface area contributed by atoms with E-state index in [1.54, 1.807) is 6.08 Å². The van der Waals surface area contributed by atoms with Gasteiger partial charge in [-0.3, -0.25) is 14.9 Å². The second-order valence-electron chi connectivity index (χ2n) is 7.11. The van der Waals surface area contributed by atoms with Crippen LogP contribution in [0.2, 0.25) is 0 Å². The smallest absolute Gasteiger partial charge is 0.269 e. The van der Waals surface area contributed by atoms with Crippen molar-refractivity contribution >= 4 is 11.5 Å². The van der Waals surface area contributed by atoms with Gasteiger partial charge in [0.25, 0.3) is 5.69 Å². The van der Waals surface area contributed by atoms with Crippen LogP contribution < -0.4 is 4.74 Å². The second-order valence-corrected chi connectivity index (χ2v) is 7.11. The van der Waals surface area contributed by atoms with Gasteiger partial charge in [0.1, 0.15) is 5.75 Å². The van der Waals surface area contributed by atoms with Crippen molar-refractivity contribution in [3.8, 4) is 5.75 Å². The van der Waals surface area contributed by atoms with Gasteiger partial charge in [-0.2, -0.15) is 0 Å². The SMILES string of the molecule is C=CCc1cc([N+](=O)[O-])ccc1OCC(=O)c1cc(C)n(Cc2ccccc2)c1C. The lowest BCUT2D eigenvalue weighted by Crippen LogP contribution is -2.14. The van der Waals surface area contributed by atoms with Crippen molar-refractivity contribution in [1.29, 1.82) is 0 Å². The first-order valence-electron chi connectivity index (χ1n) is 9.65. The van der Waals surface area contributed by atoms with E-state index in [9.17, 15) is 14.9 Å². The minimum absolute atomic E-state index is 0.0185. The summed E-state index contributed by atoms with van der Waals surface area (Å²) in [6.45, 7) is 8.14. The summed E-state index contributed by atoms with van der Waals surface area (Å²) in [5.41, 5.74) is 4.28. The molecule has 1 heterocycles. The number of Topliss-reactive ketones (excluding diaryl/α,β-unsaturated/α-hetero) is 1. The lowest BCUT2D eigenvalue weighted by Gasteiger charge is -2.11. The molecule has 30 heavy (non-hydrogen) atoms. The summed E-state index contributed by atoms with van der Waals surface area (Å²) < 4.78 is 7.84. The molecule has 3 aromatic rings. The number of non-ortho nitro benzene ring substituents is 1. The molecule has 0 aliphatic rings. The van der Waals surface area contributed by atoms with E-state index < -0.39 is 4.92 Å². The fourth-order valence-electron chi connectivity index (χ4n) is 3.45. The van der Waals surface area contributed by atoms with Crippen LogP contribution in [0, 0.1) is 24.0 Å². The van der Waals surface area contributed by atoms with E-state index in [0.29, 0.717) is 29.8 Å². The number of ketones is 1. The van der Waals surface area contributed by atoms with Gasteiger partial charge in [-0.25, -0.2) is 0 Å². The van der Waals surface area contributed by atoms with Crippen molar-refractivity contribution in [2.24, 2.45) is 0 Å². The average molecular weight is 404 g/mol. The third-order valence-corrected chi connectivity index (χ3v) is 5.04. The average Bonchev–Trinajstić information content (AvgIpc) is 3.02. The highest BCUT2D eigenvalue weighted by Crippen LogP contribution is 2.26. The molecule has 0 atom stereocenters. The Morgan fingerprint density at radius 2 is 1.90 bits per heavy atom. The quantitative estimate of drug-likeness (QED) is 0.216. The van der Waals surface area contributed by atoms with E-state index in [0.717, 1.165) is 17.0 Å². The Morgan fingerprint density at radius 3 is 2.57 bits per heavy atom. The van der Waals surface area contributed by atoms with Gasteiger partial charge < -0.3 is 9.30 Å². The third-order valence-electron chi connectivity index (χ3n) is 5.04. The molecule has 0 aliphatic carbocycles. The lowest BCUT2D eigenvalue weighted by atomic mass is 10.1. The van der Waals surface area contributed by atoms with Crippen LogP contribution in [-0.2, 0) is 13.0 Å². The second kappa shape index (κ2) is 9.22. The van der Waals surface area contributed by atoms with Crippen LogP contribution in [0.4, 0.5) is 5.69 Å². The normalized spacial score (nSPS) is 10.6. The summed E-state index contributed by atoms with van der Waals surface area (Å²) in [4.78, 5) is 23.4. The molecule has 3 rings (SSSR count). The van der Waals surface area contributed by atoms with Crippen molar-refractivity contribution in [1.82, 2.24) is 4.57 Å². The molecule has 0 saturated carbocycles. The molecular formula is C24H24N2O4. The molecule has 0 amide bonds. The highest BCUT2D eigenvalue weighted by atomic mass is 16.6. The molecule has 0 spiro atoms. The summed E-state index contributed by atoms with van der Waals surface area (Å²) in [6.07, 6.45) is 2.06. The first kappa shape index (κ1) is 21.0. The number of rotatable bonds is 9. The number of aromatic nitrogens is 1. The molecule has 0 bridgehead atoms. The number of nitro benzene ring substituents is 1. The van der Waals surface area contributed by atoms with E-state index in [2.05, 4.69) is 23.3 Å². The van der Waals surface area contributed by atoms with Gasteiger partial charge in [0.2, 0.25) is 5.78 Å². The molecule has 154 valence electrons. The maximum absolute atomic E-state index is 12.8. The molecule has 0 saturated heterocycles. The Morgan fingerprint density at radius 1 is 1.17 bits per heavy atom. The van der Waals surface area contributed by atoms with Gasteiger partial charge in [-0.15, -0.1) is 6.58 Å². The zero-order valence-electron chi connectivity index (χ0n) is 17.1. The van der Waals surface area contributed by atoms with Crippen LogP contribution >= 0.6 is 0 Å². The summed E-state index contributed by atoms with van der Waals surface area (Å²) >= 11 is 0. The van der Waals surface area contributed by atoms with Gasteiger partial charge >= 0.3 is 0 Å². The molecule has 0 N–H and O–H groups in total. The van der Waals surface area contributed by atoms with Gasteiger partial charge in [-0.05, 0) is 38.0 Å². The summed E-state index contributed by atoms with van der Waals surface area (Å²) in [5, 5.41) is 11.0. The number of allylic oxidation sites excluding steroid dienone is 1. The number of nitro groups is 1. The Balaban J connectivity index is 1.76. The topological polar surface area (TPSA) is 74.4 Å². The Kier molecular flexibility index (Phi) is 6.47. The number of aryl methyl sites for hydroxylation is 1. The number of hydrogen-bond acceptors (Lipinski definition) is 4. The summed E-state index contributed by atoms with van der Waals surface area (Å²) in [5.74, 6) is 0.317. The zero-order valence-corrected chi connectivity index (χ0v) is 17.1. The molecule has 2 aromatic carbocycles. The van der Waals surface area contributed by atoms with Gasteiger partial charge in [0, 0.05) is 41.2 Å². The minimum atomic E-state index is -0.455. The van der Waals surface area contributed by atoms with E-state index in [4.69, 9.17) is 4.74 Å². The standard InChI is InChI=1S/C24H24N2O4/c1-4-8-20-14-21(26(28)29)11-12-24(20)30-16-23(27)22-13-17(2)25(18(22)3)15-19-9-6-5-7-10-19/h4-7,9-14H,1,8,15-16H2,2-3H3. The number of hydrogen-bond donors (Lipinski definition) is 0. The molecule has 1 aromatic heterocycles. The van der Waals surface area contributed by atoms with Crippen molar-refractivity contribution in [2.75, 3.05) is 6.61 Å². The minimum Gasteiger partial charge on any atom is -0.485 e.